The van der Waals surface area contributed by atoms with Crippen LogP contribution in [0.5, 0.6) is 0 Å². The van der Waals surface area contributed by atoms with Crippen LogP contribution in [0.4, 0.5) is 5.69 Å². The maximum absolute atomic E-state index is 13.4. The van der Waals surface area contributed by atoms with Gasteiger partial charge in [0.15, 0.2) is 0 Å². The topological polar surface area (TPSA) is 95.8 Å². The van der Waals surface area contributed by atoms with Gasteiger partial charge in [-0.3, -0.25) is 19.6 Å². The van der Waals surface area contributed by atoms with E-state index >= 15 is 0 Å². The first-order valence-corrected chi connectivity index (χ1v) is 10.5. The lowest BCUT2D eigenvalue weighted by molar-refractivity contribution is -0.385. The summed E-state index contributed by atoms with van der Waals surface area (Å²) in [7, 11) is 1.57. The van der Waals surface area contributed by atoms with Gasteiger partial charge < -0.3 is 0 Å². The Balaban J connectivity index is 1.60. The van der Waals surface area contributed by atoms with Crippen molar-refractivity contribution in [3.8, 4) is 0 Å². The lowest BCUT2D eigenvalue weighted by Crippen LogP contribution is -2.49. The molecule has 0 atom stereocenters. The average Bonchev–Trinajstić information content (AvgIpc) is 3.08. The summed E-state index contributed by atoms with van der Waals surface area (Å²) in [6, 6.07) is 0. The van der Waals surface area contributed by atoms with Crippen LogP contribution in [0.1, 0.15) is 71.7 Å². The van der Waals surface area contributed by atoms with Gasteiger partial charge in [0.25, 0.3) is 0 Å². The summed E-state index contributed by atoms with van der Waals surface area (Å²) in [5.74, 6) is 1.90. The molecule has 29 heavy (non-hydrogen) atoms. The molecule has 0 aromatic carbocycles. The molecule has 0 radical (unpaired) electrons. The summed E-state index contributed by atoms with van der Waals surface area (Å²) >= 11 is 0. The molecule has 0 N–H and O–H groups in total. The third-order valence-corrected chi connectivity index (χ3v) is 7.63. The number of hydrogen-bond acceptors (Lipinski definition) is 5. The van der Waals surface area contributed by atoms with Crippen molar-refractivity contribution < 1.29 is 9.72 Å². The minimum Gasteiger partial charge on any atom is -0.265 e. The van der Waals surface area contributed by atoms with E-state index in [1.807, 2.05) is 13.8 Å². The van der Waals surface area contributed by atoms with Gasteiger partial charge >= 0.3 is 11.6 Å². The normalized spacial score (nSPS) is 30.1. The molecule has 154 valence electrons. The monoisotopic (exact) mass is 397 g/mol. The zero-order valence-corrected chi connectivity index (χ0v) is 17.4. The predicted molar refractivity (Wildman–Crippen MR) is 106 cm³/mol. The van der Waals surface area contributed by atoms with Crippen LogP contribution in [0, 0.1) is 48.6 Å². The number of rotatable bonds is 3. The lowest BCUT2D eigenvalue weighted by atomic mass is 9.48. The second-order valence-electron chi connectivity index (χ2n) is 9.62. The highest BCUT2D eigenvalue weighted by Gasteiger charge is 2.53. The highest BCUT2D eigenvalue weighted by Crippen LogP contribution is 2.61. The molecule has 4 bridgehead atoms. The van der Waals surface area contributed by atoms with Gasteiger partial charge in [-0.25, -0.2) is 0 Å². The Kier molecular flexibility index (Phi) is 3.83. The Morgan fingerprint density at radius 3 is 2.10 bits per heavy atom. The van der Waals surface area contributed by atoms with Crippen LogP contribution in [-0.4, -0.2) is 30.4 Å². The molecule has 4 aliphatic rings. The van der Waals surface area contributed by atoms with E-state index in [0.29, 0.717) is 0 Å². The van der Waals surface area contributed by atoms with E-state index in [0.717, 1.165) is 29.1 Å². The zero-order valence-electron chi connectivity index (χ0n) is 17.4. The fourth-order valence-corrected chi connectivity index (χ4v) is 7.23. The Morgan fingerprint density at radius 2 is 1.59 bits per heavy atom. The average molecular weight is 397 g/mol. The Hall–Kier alpha value is -2.51. The summed E-state index contributed by atoms with van der Waals surface area (Å²) in [4.78, 5) is 24.4. The van der Waals surface area contributed by atoms with E-state index in [1.165, 1.54) is 53.5 Å². The number of carbonyl (C=O) groups is 1. The van der Waals surface area contributed by atoms with E-state index in [-0.39, 0.29) is 22.5 Å². The van der Waals surface area contributed by atoms with Gasteiger partial charge in [0.1, 0.15) is 5.69 Å². The van der Waals surface area contributed by atoms with E-state index < -0.39 is 10.8 Å². The van der Waals surface area contributed by atoms with Gasteiger partial charge in [-0.15, -0.1) is 0 Å². The number of nitro groups is 1. The standard InChI is InChI=1S/C21H27N5O3/c1-11-17(21-8-14-5-15(9-21)7-16(6-14)10-21)13(3)25(23-11)20(27)19-18(26(28)29)12(2)22-24(19)4/h14-16H,5-10H2,1-4H3. The molecule has 2 aromatic heterocycles. The van der Waals surface area contributed by atoms with E-state index in [4.69, 9.17) is 0 Å². The van der Waals surface area contributed by atoms with Crippen LogP contribution in [0.2, 0.25) is 0 Å². The fraction of sp³-hybridized carbons (Fsp3) is 0.667. The van der Waals surface area contributed by atoms with Crippen molar-refractivity contribution >= 4 is 11.6 Å². The summed E-state index contributed by atoms with van der Waals surface area (Å²) in [5, 5.41) is 20.3. The van der Waals surface area contributed by atoms with Crippen LogP contribution in [-0.2, 0) is 12.5 Å². The van der Waals surface area contributed by atoms with Crippen LogP contribution in [0.15, 0.2) is 0 Å². The smallest absolute Gasteiger partial charge is 0.265 e. The molecule has 6 rings (SSSR count). The molecule has 0 unspecified atom stereocenters. The third kappa shape index (κ3) is 2.53. The van der Waals surface area contributed by atoms with Crippen molar-refractivity contribution in [1.29, 1.82) is 0 Å². The number of carbonyl (C=O) groups excluding carboxylic acids is 1. The third-order valence-electron chi connectivity index (χ3n) is 7.63. The SMILES string of the molecule is Cc1nn(C)c(C(=O)n2nc(C)c(C34CC5CC(CC(C5)C3)C4)c2C)c1[N+](=O)[O-]. The minimum absolute atomic E-state index is 0.0184. The fourth-order valence-electron chi connectivity index (χ4n) is 7.23. The molecule has 8 nitrogen and oxygen atoms in total. The molecule has 8 heteroatoms. The molecule has 4 aliphatic carbocycles. The summed E-state index contributed by atoms with van der Waals surface area (Å²) in [5.41, 5.74) is 3.05. The van der Waals surface area contributed by atoms with Gasteiger partial charge in [0.2, 0.25) is 5.69 Å². The van der Waals surface area contributed by atoms with Crippen LogP contribution in [0.3, 0.4) is 0 Å². The maximum atomic E-state index is 13.4. The quantitative estimate of drug-likeness (QED) is 0.582. The highest BCUT2D eigenvalue weighted by atomic mass is 16.6. The van der Waals surface area contributed by atoms with Gasteiger partial charge in [0.05, 0.1) is 10.6 Å². The Labute approximate surface area is 169 Å². The molecule has 2 aromatic rings. The van der Waals surface area contributed by atoms with Gasteiger partial charge in [-0.1, -0.05) is 0 Å². The minimum atomic E-state index is -0.527. The second kappa shape index (κ2) is 6.00. The van der Waals surface area contributed by atoms with Crippen molar-refractivity contribution in [2.45, 2.75) is 64.7 Å². The molecular weight excluding hydrogens is 370 g/mol. The van der Waals surface area contributed by atoms with Crippen molar-refractivity contribution in [1.82, 2.24) is 19.6 Å². The Morgan fingerprint density at radius 1 is 1.03 bits per heavy atom. The first kappa shape index (κ1) is 18.5. The summed E-state index contributed by atoms with van der Waals surface area (Å²) < 4.78 is 2.68. The summed E-state index contributed by atoms with van der Waals surface area (Å²) in [6.45, 7) is 5.48. The molecule has 0 spiro atoms. The largest absolute Gasteiger partial charge is 0.322 e. The molecule has 0 saturated heterocycles. The highest BCUT2D eigenvalue weighted by molar-refractivity contribution is 5.98. The van der Waals surface area contributed by atoms with E-state index in [9.17, 15) is 14.9 Å². The van der Waals surface area contributed by atoms with Crippen molar-refractivity contribution in [2.75, 3.05) is 0 Å². The predicted octanol–water partition coefficient (Wildman–Crippen LogP) is 3.61. The molecule has 0 amide bonds. The number of nitrogens with zero attached hydrogens (tertiary/aromatic N) is 5. The molecule has 0 aliphatic heterocycles. The zero-order chi connectivity index (χ0) is 20.7. The van der Waals surface area contributed by atoms with Crippen LogP contribution < -0.4 is 0 Å². The number of aryl methyl sites for hydroxylation is 3. The number of aromatic nitrogens is 4. The first-order valence-electron chi connectivity index (χ1n) is 10.5. The van der Waals surface area contributed by atoms with Crippen LogP contribution >= 0.6 is 0 Å². The lowest BCUT2D eigenvalue weighted by Gasteiger charge is -2.57. The van der Waals surface area contributed by atoms with Gasteiger partial charge in [0, 0.05) is 18.3 Å². The second-order valence-corrected chi connectivity index (χ2v) is 9.62. The van der Waals surface area contributed by atoms with Crippen molar-refractivity contribution in [3.63, 3.8) is 0 Å². The van der Waals surface area contributed by atoms with E-state index in [2.05, 4.69) is 10.2 Å². The van der Waals surface area contributed by atoms with E-state index in [1.54, 1.807) is 14.0 Å². The van der Waals surface area contributed by atoms with Crippen molar-refractivity contribution in [3.05, 3.63) is 38.5 Å². The summed E-state index contributed by atoms with van der Waals surface area (Å²) in [6.07, 6.45) is 7.61. The van der Waals surface area contributed by atoms with Crippen LogP contribution in [0.25, 0.3) is 0 Å². The van der Waals surface area contributed by atoms with Gasteiger partial charge in [-0.05, 0) is 82.5 Å². The molecule has 4 saturated carbocycles. The molecular formula is C21H27N5O3. The van der Waals surface area contributed by atoms with Gasteiger partial charge in [-0.2, -0.15) is 14.9 Å². The molecule has 4 fully saturated rings. The first-order chi connectivity index (χ1) is 13.7. The van der Waals surface area contributed by atoms with Crippen molar-refractivity contribution in [2.24, 2.45) is 24.8 Å². The maximum Gasteiger partial charge on any atom is 0.322 e. The number of hydrogen-bond donors (Lipinski definition) is 0. The molecule has 2 heterocycles. The Bertz CT molecular complexity index is 1010.